The number of benzene rings is 1. The highest BCUT2D eigenvalue weighted by atomic mass is 16.3. The van der Waals surface area contributed by atoms with E-state index in [1.54, 1.807) is 11.0 Å². The van der Waals surface area contributed by atoms with Gasteiger partial charge in [-0.2, -0.15) is 0 Å². The number of rotatable bonds is 4. The Morgan fingerprint density at radius 3 is 2.68 bits per heavy atom. The van der Waals surface area contributed by atoms with Crippen LogP contribution in [0, 0.1) is 5.92 Å². The first kappa shape index (κ1) is 14.8. The molecule has 3 rings (SSSR count). The normalized spacial score (nSPS) is 28.0. The molecule has 2 amide bonds. The predicted octanol–water partition coefficient (Wildman–Crippen LogP) is 0.793. The maximum atomic E-state index is 12.8. The number of amides is 2. The molecular formula is C17H20N2O3. The zero-order chi connectivity index (χ0) is 15.7. The number of carbonyl (C=O) groups excluding carboxylic acids is 2. The first-order valence-corrected chi connectivity index (χ1v) is 7.53. The van der Waals surface area contributed by atoms with Gasteiger partial charge in [0.25, 0.3) is 0 Å². The molecule has 2 unspecified atom stereocenters. The average Bonchev–Trinajstić information content (AvgIpc) is 2.84. The van der Waals surface area contributed by atoms with E-state index in [4.69, 9.17) is 0 Å². The molecule has 3 atom stereocenters. The fraction of sp³-hybridized carbons (Fsp3) is 0.412. The van der Waals surface area contributed by atoms with Crippen LogP contribution in [0.5, 0.6) is 0 Å². The highest BCUT2D eigenvalue weighted by molar-refractivity contribution is 5.95. The fourth-order valence-corrected chi connectivity index (χ4v) is 3.40. The van der Waals surface area contributed by atoms with Crippen LogP contribution in [-0.2, 0) is 16.1 Å². The lowest BCUT2D eigenvalue weighted by atomic mass is 9.92. The van der Waals surface area contributed by atoms with Crippen molar-refractivity contribution in [2.45, 2.75) is 25.1 Å². The summed E-state index contributed by atoms with van der Waals surface area (Å²) in [5.74, 6) is -0.425. The Labute approximate surface area is 129 Å². The van der Waals surface area contributed by atoms with Gasteiger partial charge in [-0.3, -0.25) is 9.59 Å². The molecular weight excluding hydrogens is 280 g/mol. The molecule has 0 aliphatic carbocycles. The van der Waals surface area contributed by atoms with Crippen LogP contribution in [0.2, 0.25) is 0 Å². The minimum Gasteiger partial charge on any atom is -0.391 e. The van der Waals surface area contributed by atoms with E-state index in [1.165, 1.54) is 4.90 Å². The second kappa shape index (κ2) is 5.93. The average molecular weight is 300 g/mol. The van der Waals surface area contributed by atoms with E-state index in [-0.39, 0.29) is 30.8 Å². The van der Waals surface area contributed by atoms with Gasteiger partial charge in [-0.15, -0.1) is 6.58 Å². The Bertz CT molecular complexity index is 587. The third-order valence-corrected chi connectivity index (χ3v) is 4.49. The highest BCUT2D eigenvalue weighted by Gasteiger charge is 2.50. The molecule has 0 aromatic heterocycles. The van der Waals surface area contributed by atoms with Crippen LogP contribution in [0.3, 0.4) is 0 Å². The number of piperazine rings is 1. The van der Waals surface area contributed by atoms with Gasteiger partial charge in [0.2, 0.25) is 11.8 Å². The summed E-state index contributed by atoms with van der Waals surface area (Å²) in [6, 6.07) is 9.07. The van der Waals surface area contributed by atoms with Gasteiger partial charge in [-0.1, -0.05) is 36.4 Å². The Balaban J connectivity index is 1.82. The summed E-state index contributed by atoms with van der Waals surface area (Å²) in [6.07, 6.45) is 1.57. The highest BCUT2D eigenvalue weighted by Crippen LogP contribution is 2.32. The van der Waals surface area contributed by atoms with Crippen LogP contribution < -0.4 is 0 Å². The molecule has 2 aliphatic heterocycles. The lowest BCUT2D eigenvalue weighted by molar-refractivity contribution is -0.155. The maximum absolute atomic E-state index is 12.8. The van der Waals surface area contributed by atoms with Gasteiger partial charge in [0.05, 0.1) is 6.10 Å². The van der Waals surface area contributed by atoms with E-state index < -0.39 is 12.1 Å². The molecule has 0 spiro atoms. The lowest BCUT2D eigenvalue weighted by Crippen LogP contribution is -2.58. The monoisotopic (exact) mass is 300 g/mol. The molecule has 116 valence electrons. The van der Waals surface area contributed by atoms with Crippen LogP contribution in [0.1, 0.15) is 12.0 Å². The Kier molecular flexibility index (Phi) is 3.98. The largest absolute Gasteiger partial charge is 0.391 e. The van der Waals surface area contributed by atoms with Gasteiger partial charge < -0.3 is 14.9 Å². The van der Waals surface area contributed by atoms with Crippen LogP contribution >= 0.6 is 0 Å². The summed E-state index contributed by atoms with van der Waals surface area (Å²) >= 11 is 0. The minimum absolute atomic E-state index is 0.0770. The molecule has 5 heteroatoms. The summed E-state index contributed by atoms with van der Waals surface area (Å²) in [5.41, 5.74) is 0.996. The third-order valence-electron chi connectivity index (χ3n) is 4.49. The molecule has 0 saturated carbocycles. The van der Waals surface area contributed by atoms with Gasteiger partial charge in [0.1, 0.15) is 12.6 Å². The summed E-state index contributed by atoms with van der Waals surface area (Å²) < 4.78 is 0. The van der Waals surface area contributed by atoms with Crippen molar-refractivity contribution >= 4 is 11.8 Å². The van der Waals surface area contributed by atoms with Crippen LogP contribution in [0.4, 0.5) is 0 Å². The van der Waals surface area contributed by atoms with Gasteiger partial charge in [-0.05, 0) is 12.0 Å². The molecule has 22 heavy (non-hydrogen) atoms. The smallest absolute Gasteiger partial charge is 0.246 e. The summed E-state index contributed by atoms with van der Waals surface area (Å²) in [4.78, 5) is 28.2. The maximum Gasteiger partial charge on any atom is 0.246 e. The molecule has 2 aliphatic rings. The van der Waals surface area contributed by atoms with E-state index in [0.29, 0.717) is 13.0 Å². The first-order chi connectivity index (χ1) is 10.6. The predicted molar refractivity (Wildman–Crippen MR) is 81.7 cm³/mol. The number of aliphatic hydroxyl groups is 1. The van der Waals surface area contributed by atoms with E-state index in [9.17, 15) is 14.7 Å². The molecule has 1 N–H and O–H groups in total. The van der Waals surface area contributed by atoms with Crippen molar-refractivity contribution in [3.05, 3.63) is 48.6 Å². The zero-order valence-electron chi connectivity index (χ0n) is 12.4. The van der Waals surface area contributed by atoms with Crippen LogP contribution in [-0.4, -0.2) is 52.0 Å². The number of hydrogen-bond donors (Lipinski definition) is 1. The number of hydrogen-bond acceptors (Lipinski definition) is 3. The number of fused-ring (bicyclic) bond motifs is 1. The molecule has 5 nitrogen and oxygen atoms in total. The Hall–Kier alpha value is -2.14. The molecule has 2 heterocycles. The zero-order valence-corrected chi connectivity index (χ0v) is 12.4. The molecule has 2 saturated heterocycles. The second-order valence-electron chi connectivity index (χ2n) is 5.93. The molecule has 1 aromatic carbocycles. The summed E-state index contributed by atoms with van der Waals surface area (Å²) in [6.45, 7) is 4.43. The molecule has 2 fully saturated rings. The van der Waals surface area contributed by atoms with Crippen molar-refractivity contribution in [3.8, 4) is 0 Å². The molecule has 0 bridgehead atoms. The second-order valence-corrected chi connectivity index (χ2v) is 5.93. The van der Waals surface area contributed by atoms with E-state index >= 15 is 0 Å². The SMILES string of the molecule is C=CCC1C(O)CN2C(=O)CN(Cc3ccccc3)C(=O)[C@@H]12. The van der Waals surface area contributed by atoms with Gasteiger partial charge in [0.15, 0.2) is 0 Å². The van der Waals surface area contributed by atoms with Gasteiger partial charge in [0, 0.05) is 19.0 Å². The standard InChI is InChI=1S/C17H20N2O3/c1-2-6-13-14(20)10-19-15(21)11-18(17(22)16(13)19)9-12-7-4-3-5-8-12/h2-5,7-8,13-14,16,20H,1,6,9-11H2/t13?,14?,16-/m1/s1. The Morgan fingerprint density at radius 1 is 1.27 bits per heavy atom. The van der Waals surface area contributed by atoms with Crippen molar-refractivity contribution < 1.29 is 14.7 Å². The number of nitrogens with zero attached hydrogens (tertiary/aromatic N) is 2. The topological polar surface area (TPSA) is 60.9 Å². The van der Waals surface area contributed by atoms with Crippen LogP contribution in [0.15, 0.2) is 43.0 Å². The van der Waals surface area contributed by atoms with Crippen molar-refractivity contribution in [2.24, 2.45) is 5.92 Å². The summed E-state index contributed by atoms with van der Waals surface area (Å²) in [7, 11) is 0. The van der Waals surface area contributed by atoms with E-state index in [2.05, 4.69) is 6.58 Å². The van der Waals surface area contributed by atoms with Gasteiger partial charge in [-0.25, -0.2) is 0 Å². The number of allylic oxidation sites excluding steroid dienone is 1. The van der Waals surface area contributed by atoms with Gasteiger partial charge >= 0.3 is 0 Å². The van der Waals surface area contributed by atoms with Crippen molar-refractivity contribution in [3.63, 3.8) is 0 Å². The van der Waals surface area contributed by atoms with E-state index in [0.717, 1.165) is 5.56 Å². The quantitative estimate of drug-likeness (QED) is 0.837. The first-order valence-electron chi connectivity index (χ1n) is 7.53. The van der Waals surface area contributed by atoms with Crippen molar-refractivity contribution in [1.82, 2.24) is 9.80 Å². The molecule has 0 radical (unpaired) electrons. The number of aliphatic hydroxyl groups excluding tert-OH is 1. The minimum atomic E-state index is -0.660. The molecule has 1 aromatic rings. The van der Waals surface area contributed by atoms with Crippen LogP contribution in [0.25, 0.3) is 0 Å². The fourth-order valence-electron chi connectivity index (χ4n) is 3.40. The van der Waals surface area contributed by atoms with Crippen molar-refractivity contribution in [2.75, 3.05) is 13.1 Å². The Morgan fingerprint density at radius 2 is 2.00 bits per heavy atom. The number of carbonyl (C=O) groups is 2. The third kappa shape index (κ3) is 2.52. The van der Waals surface area contributed by atoms with Crippen molar-refractivity contribution in [1.29, 1.82) is 0 Å². The summed E-state index contributed by atoms with van der Waals surface area (Å²) in [5, 5.41) is 10.2. The lowest BCUT2D eigenvalue weighted by Gasteiger charge is -2.38. The van der Waals surface area contributed by atoms with E-state index in [1.807, 2.05) is 30.3 Å².